The van der Waals surface area contributed by atoms with Crippen LogP contribution in [0.25, 0.3) is 0 Å². The van der Waals surface area contributed by atoms with Crippen LogP contribution in [0.5, 0.6) is 0 Å². The van der Waals surface area contributed by atoms with E-state index in [9.17, 15) is 39.0 Å². The minimum atomic E-state index is -4.40. The van der Waals surface area contributed by atoms with Gasteiger partial charge >= 0.3 is 25.7 Å². The number of carboxylic acids is 1. The fourth-order valence-corrected chi connectivity index (χ4v) is 6.51. The van der Waals surface area contributed by atoms with E-state index in [-0.39, 0.29) is 49.5 Å². The van der Waals surface area contributed by atoms with E-state index < -0.39 is 61.6 Å². The van der Waals surface area contributed by atoms with Gasteiger partial charge in [0.15, 0.2) is 0 Å². The second-order valence-corrected chi connectivity index (χ2v) is 16.7. The number of thiol groups is 3. The quantitative estimate of drug-likeness (QED) is 0.0232. The number of nitrogens with one attached hydrogen (secondary N) is 1. The summed E-state index contributed by atoms with van der Waals surface area (Å²) in [5.74, 6) is -2.47. The number of quaternary nitrogens is 1. The predicted octanol–water partition coefficient (Wildman–Crippen LogP) is 3.93. The van der Waals surface area contributed by atoms with Crippen LogP contribution in [0.15, 0.2) is 0 Å². The molecule has 0 aromatic heterocycles. The van der Waals surface area contributed by atoms with Crippen molar-refractivity contribution in [1.82, 2.24) is 5.32 Å². The maximum atomic E-state index is 13.7. The highest BCUT2D eigenvalue weighted by Gasteiger charge is 2.56. The number of nitrogens with zero attached hydrogens (tertiary/aromatic N) is 2. The third kappa shape index (κ3) is 18.5. The van der Waals surface area contributed by atoms with Crippen LogP contribution in [0.4, 0.5) is 0 Å². The summed E-state index contributed by atoms with van der Waals surface area (Å²) in [6.45, 7) is 3.64. The molecular formula is C31H57N3O11PS3+. The molecule has 0 aromatic carbocycles. The normalized spacial score (nSPS) is 17.2. The summed E-state index contributed by atoms with van der Waals surface area (Å²) in [5, 5.41) is 22.5. The number of carbonyl (C=O) groups is 4. The van der Waals surface area contributed by atoms with Gasteiger partial charge in [-0.25, -0.2) is 4.57 Å². The first-order valence-electron chi connectivity index (χ1n) is 16.2. The molecule has 0 saturated carbocycles. The molecule has 0 fully saturated rings. The maximum Gasteiger partial charge on any atom is 0.472 e. The van der Waals surface area contributed by atoms with Gasteiger partial charge < -0.3 is 29.3 Å². The lowest BCUT2D eigenvalue weighted by atomic mass is 9.58. The van der Waals surface area contributed by atoms with E-state index in [0.29, 0.717) is 23.9 Å². The van der Waals surface area contributed by atoms with Crippen molar-refractivity contribution in [3.63, 3.8) is 0 Å². The van der Waals surface area contributed by atoms with Crippen molar-refractivity contribution in [2.75, 3.05) is 72.2 Å². The standard InChI is InChI=1S/C31H56N3O11PS3/c1-29(23-48,27(38)43-18-19-45-46(40,41)44-17-15-34(4,5)6)21-31(3,30(2,22-32)13-11-26(36)37)28(39)42-16-14-33-25(35)10-8-7-9-24(49)12-20-47/h24H,7-21,23H2,1-6H3,(H5-,33,35,36,37,40,41,47,48,49)/p+1. The minimum absolute atomic E-state index is 0.00747. The highest BCUT2D eigenvalue weighted by molar-refractivity contribution is 7.81. The first-order chi connectivity index (χ1) is 22.6. The summed E-state index contributed by atoms with van der Waals surface area (Å²) in [7, 11) is 1.25. The number of hydrogen-bond acceptors (Lipinski definition) is 13. The molecule has 0 aliphatic heterocycles. The number of ether oxygens (including phenoxy) is 2. The number of likely N-dealkylation sites (N-methyl/N-ethyl adjacent to an activating group) is 1. The number of esters is 2. The summed E-state index contributed by atoms with van der Waals surface area (Å²) < 4.78 is 33.3. The van der Waals surface area contributed by atoms with Crippen molar-refractivity contribution in [3.8, 4) is 6.07 Å². The highest BCUT2D eigenvalue weighted by Crippen LogP contribution is 2.51. The Morgan fingerprint density at radius 3 is 2.10 bits per heavy atom. The van der Waals surface area contributed by atoms with E-state index in [1.54, 1.807) is 0 Å². The number of rotatable bonds is 27. The fraction of sp³-hybridized carbons (Fsp3) is 0.839. The molecule has 0 rings (SSSR count). The summed E-state index contributed by atoms with van der Waals surface area (Å²) in [6.07, 6.45) is 2.58. The fourth-order valence-electron chi connectivity index (χ4n) is 4.75. The number of aliphatic carboxylic acids is 1. The topological polar surface area (TPSA) is 199 Å². The summed E-state index contributed by atoms with van der Waals surface area (Å²) in [4.78, 5) is 60.6. The van der Waals surface area contributed by atoms with Crippen molar-refractivity contribution >= 4 is 69.5 Å². The Morgan fingerprint density at radius 1 is 0.939 bits per heavy atom. The summed E-state index contributed by atoms with van der Waals surface area (Å²) in [5.41, 5.74) is -4.83. The minimum Gasteiger partial charge on any atom is -0.481 e. The molecule has 284 valence electrons. The third-order valence-electron chi connectivity index (χ3n) is 8.24. The summed E-state index contributed by atoms with van der Waals surface area (Å²) in [6, 6.07) is 2.07. The summed E-state index contributed by atoms with van der Waals surface area (Å²) >= 11 is 13.0. The van der Waals surface area contributed by atoms with E-state index >= 15 is 0 Å². The molecule has 3 N–H and O–H groups in total. The SMILES string of the molecule is CC(CS)(CC(C)(C(=O)OCCNC(=O)CCCCC(S)CCS)C(C)(C#N)CCC(=O)O)C(=O)OCCOP(=O)(O)OCC[N+](C)(C)C. The number of amides is 1. The molecule has 0 spiro atoms. The van der Waals surface area contributed by atoms with E-state index in [2.05, 4.69) is 49.3 Å². The molecule has 0 radical (unpaired) electrons. The molecule has 18 heteroatoms. The second kappa shape index (κ2) is 22.4. The number of phosphoric acid groups is 1. The molecule has 14 nitrogen and oxygen atoms in total. The average molecular weight is 775 g/mol. The zero-order valence-electron chi connectivity index (χ0n) is 29.6. The van der Waals surface area contributed by atoms with Crippen molar-refractivity contribution in [2.45, 2.75) is 77.4 Å². The van der Waals surface area contributed by atoms with Gasteiger partial charge in [0, 0.05) is 23.8 Å². The number of carbonyl (C=O) groups excluding carboxylic acids is 3. The molecule has 49 heavy (non-hydrogen) atoms. The van der Waals surface area contributed by atoms with Crippen molar-refractivity contribution in [2.24, 2.45) is 16.2 Å². The molecule has 0 aromatic rings. The molecule has 5 unspecified atom stereocenters. The monoisotopic (exact) mass is 774 g/mol. The lowest BCUT2D eigenvalue weighted by molar-refractivity contribution is -0.870. The second-order valence-electron chi connectivity index (χ2n) is 13.7. The van der Waals surface area contributed by atoms with Crippen molar-refractivity contribution in [3.05, 3.63) is 0 Å². The van der Waals surface area contributed by atoms with Gasteiger partial charge in [0.05, 0.1) is 56.6 Å². The van der Waals surface area contributed by atoms with Gasteiger partial charge in [-0.05, 0) is 58.6 Å². The van der Waals surface area contributed by atoms with Crippen molar-refractivity contribution < 1.29 is 56.7 Å². The zero-order chi connectivity index (χ0) is 37.9. The van der Waals surface area contributed by atoms with Crippen LogP contribution in [0, 0.1) is 27.6 Å². The molecule has 0 bridgehead atoms. The van der Waals surface area contributed by atoms with Gasteiger partial charge in [-0.2, -0.15) is 43.1 Å². The van der Waals surface area contributed by atoms with E-state index in [4.69, 9.17) is 18.5 Å². The number of carboxylic acid groups (broad SMARTS) is 1. The molecule has 5 atom stereocenters. The van der Waals surface area contributed by atoms with Crippen LogP contribution in [0.2, 0.25) is 0 Å². The Bertz CT molecular complexity index is 1170. The predicted molar refractivity (Wildman–Crippen MR) is 195 cm³/mol. The van der Waals surface area contributed by atoms with Gasteiger partial charge in [-0.15, -0.1) is 0 Å². The lowest BCUT2D eigenvalue weighted by Gasteiger charge is -2.43. The Balaban J connectivity index is 5.53. The smallest absolute Gasteiger partial charge is 0.472 e. The van der Waals surface area contributed by atoms with Gasteiger partial charge in [-0.1, -0.05) is 6.42 Å². The lowest BCUT2D eigenvalue weighted by Crippen LogP contribution is -2.50. The number of unbranched alkanes of at least 4 members (excludes halogenated alkanes) is 1. The Kier molecular flexibility index (Phi) is 21.7. The van der Waals surface area contributed by atoms with Gasteiger partial charge in [0.25, 0.3) is 0 Å². The van der Waals surface area contributed by atoms with Gasteiger partial charge in [-0.3, -0.25) is 28.2 Å². The maximum absolute atomic E-state index is 13.7. The number of nitriles is 1. The van der Waals surface area contributed by atoms with Crippen molar-refractivity contribution in [1.29, 1.82) is 5.26 Å². The molecule has 0 aliphatic carbocycles. The molecule has 1 amide bonds. The molecule has 0 aliphatic rings. The Labute approximate surface area is 307 Å². The van der Waals surface area contributed by atoms with Crippen LogP contribution in [-0.2, 0) is 42.3 Å². The third-order valence-corrected chi connectivity index (χ3v) is 10.7. The Morgan fingerprint density at radius 2 is 1.55 bits per heavy atom. The van der Waals surface area contributed by atoms with Gasteiger partial charge in [0.1, 0.15) is 26.4 Å². The molecular weight excluding hydrogens is 718 g/mol. The van der Waals surface area contributed by atoms with Crippen LogP contribution in [0.3, 0.4) is 0 Å². The first-order valence-corrected chi connectivity index (χ1v) is 19.4. The number of hydrogen-bond donors (Lipinski definition) is 6. The molecule has 0 heterocycles. The largest absolute Gasteiger partial charge is 0.481 e. The van der Waals surface area contributed by atoms with Crippen LogP contribution in [0.1, 0.15) is 72.1 Å². The molecule has 0 saturated heterocycles. The Hall–Kier alpha value is -1.51. The van der Waals surface area contributed by atoms with Crippen LogP contribution < -0.4 is 5.32 Å². The van der Waals surface area contributed by atoms with Crippen LogP contribution >= 0.6 is 45.7 Å². The van der Waals surface area contributed by atoms with E-state index in [1.807, 2.05) is 21.1 Å². The van der Waals surface area contributed by atoms with E-state index in [0.717, 1.165) is 25.0 Å². The highest BCUT2D eigenvalue weighted by atomic mass is 32.1. The van der Waals surface area contributed by atoms with Gasteiger partial charge in [0.2, 0.25) is 5.91 Å². The van der Waals surface area contributed by atoms with Crippen LogP contribution in [-0.4, -0.2) is 116 Å². The zero-order valence-corrected chi connectivity index (χ0v) is 33.2. The first kappa shape index (κ1) is 47.5. The number of phosphoric ester groups is 1. The average Bonchev–Trinajstić information content (AvgIpc) is 3.01. The van der Waals surface area contributed by atoms with E-state index in [1.165, 1.54) is 20.8 Å².